The highest BCUT2D eigenvalue weighted by Crippen LogP contribution is 2.32. The number of halogens is 2. The van der Waals surface area contributed by atoms with Gasteiger partial charge in [0.2, 0.25) is 0 Å². The van der Waals surface area contributed by atoms with Crippen LogP contribution in [0.2, 0.25) is 10.0 Å². The molecule has 0 spiro atoms. The maximum Gasteiger partial charge on any atom is 0.338 e. The first-order chi connectivity index (χ1) is 8.38. The fourth-order valence-electron chi connectivity index (χ4n) is 1.33. The number of hydrogen-bond acceptors (Lipinski definition) is 5. The van der Waals surface area contributed by atoms with Crippen molar-refractivity contribution in [3.8, 4) is 0 Å². The molecule has 0 bridgehead atoms. The first-order valence-corrected chi connectivity index (χ1v) is 5.91. The molecule has 0 fully saturated rings. The van der Waals surface area contributed by atoms with E-state index in [1.807, 2.05) is 0 Å². The third kappa shape index (κ3) is 3.26. The second-order valence-electron chi connectivity index (χ2n) is 3.54. The van der Waals surface area contributed by atoms with Crippen LogP contribution < -0.4 is 5.73 Å². The molecule has 0 aliphatic heterocycles. The van der Waals surface area contributed by atoms with Gasteiger partial charge in [-0.05, 0) is 19.1 Å². The average molecular weight is 294 g/mol. The van der Waals surface area contributed by atoms with Gasteiger partial charge in [-0.3, -0.25) is 0 Å². The summed E-state index contributed by atoms with van der Waals surface area (Å²) in [4.78, 5) is 11.3. The predicted molar refractivity (Wildman–Crippen MR) is 68.5 cm³/mol. The number of hydrogen-bond donors (Lipinski definition) is 3. The summed E-state index contributed by atoms with van der Waals surface area (Å²) in [5.41, 5.74) is 5.87. The van der Waals surface area contributed by atoms with E-state index in [2.05, 4.69) is 4.74 Å². The molecule has 0 heterocycles. The van der Waals surface area contributed by atoms with Gasteiger partial charge >= 0.3 is 5.97 Å². The summed E-state index contributed by atoms with van der Waals surface area (Å²) >= 11 is 11.6. The van der Waals surface area contributed by atoms with Crippen LogP contribution in [-0.2, 0) is 9.53 Å². The van der Waals surface area contributed by atoms with Crippen LogP contribution in [0.25, 0.3) is 0 Å². The van der Waals surface area contributed by atoms with Crippen LogP contribution in [0.4, 0.5) is 5.69 Å². The van der Waals surface area contributed by atoms with Gasteiger partial charge in [-0.25, -0.2) is 4.79 Å². The Morgan fingerprint density at radius 3 is 2.56 bits per heavy atom. The fraction of sp³-hybridized carbons (Fsp3) is 0.364. The summed E-state index contributed by atoms with van der Waals surface area (Å²) in [6.07, 6.45) is -3.27. The van der Waals surface area contributed by atoms with Crippen LogP contribution in [0.5, 0.6) is 0 Å². The Hall–Kier alpha value is -1.01. The van der Waals surface area contributed by atoms with E-state index in [1.54, 1.807) is 6.92 Å². The summed E-state index contributed by atoms with van der Waals surface area (Å²) in [5, 5.41) is 19.7. The van der Waals surface area contributed by atoms with Crippen LogP contribution in [-0.4, -0.2) is 28.9 Å². The topological polar surface area (TPSA) is 92.8 Å². The molecule has 0 aliphatic rings. The zero-order valence-corrected chi connectivity index (χ0v) is 11.1. The number of nitrogens with two attached hydrogens (primary N) is 1. The third-order valence-corrected chi connectivity index (χ3v) is 2.92. The third-order valence-electron chi connectivity index (χ3n) is 2.26. The van der Waals surface area contributed by atoms with E-state index in [9.17, 15) is 15.0 Å². The monoisotopic (exact) mass is 293 g/mol. The number of anilines is 1. The summed E-state index contributed by atoms with van der Waals surface area (Å²) in [5.74, 6) is -0.936. The molecular formula is C11H13Cl2NO4. The van der Waals surface area contributed by atoms with Crippen LogP contribution in [0, 0.1) is 0 Å². The SMILES string of the molecule is CCOC(=O)C(O)C(O)c1cc(Cl)c(N)cc1Cl. The molecule has 1 aromatic carbocycles. The van der Waals surface area contributed by atoms with Crippen molar-refractivity contribution in [1.82, 2.24) is 0 Å². The molecule has 5 nitrogen and oxygen atoms in total. The molecule has 0 saturated carbocycles. The van der Waals surface area contributed by atoms with Crippen LogP contribution in [0.15, 0.2) is 12.1 Å². The lowest BCUT2D eigenvalue weighted by atomic mass is 10.0. The smallest absolute Gasteiger partial charge is 0.338 e. The summed E-state index contributed by atoms with van der Waals surface area (Å²) in [7, 11) is 0. The van der Waals surface area contributed by atoms with Crippen molar-refractivity contribution in [3.63, 3.8) is 0 Å². The van der Waals surface area contributed by atoms with Gasteiger partial charge < -0.3 is 20.7 Å². The van der Waals surface area contributed by atoms with E-state index in [0.29, 0.717) is 0 Å². The summed E-state index contributed by atoms with van der Waals surface area (Å²) in [6.45, 7) is 1.68. The lowest BCUT2D eigenvalue weighted by Gasteiger charge is -2.18. The molecule has 18 heavy (non-hydrogen) atoms. The minimum atomic E-state index is -1.73. The maximum atomic E-state index is 11.3. The Bertz CT molecular complexity index is 453. The molecule has 0 amide bonds. The van der Waals surface area contributed by atoms with Gasteiger partial charge in [0, 0.05) is 10.6 Å². The molecule has 2 unspecified atom stereocenters. The second kappa shape index (κ2) is 6.24. The first-order valence-electron chi connectivity index (χ1n) is 5.15. The Morgan fingerprint density at radius 2 is 2.00 bits per heavy atom. The van der Waals surface area contributed by atoms with Gasteiger partial charge in [0.05, 0.1) is 17.3 Å². The maximum absolute atomic E-state index is 11.3. The van der Waals surface area contributed by atoms with Crippen molar-refractivity contribution in [2.45, 2.75) is 19.1 Å². The molecule has 2 atom stereocenters. The second-order valence-corrected chi connectivity index (χ2v) is 4.35. The molecule has 7 heteroatoms. The fourth-order valence-corrected chi connectivity index (χ4v) is 1.79. The highest BCUT2D eigenvalue weighted by molar-refractivity contribution is 6.35. The minimum absolute atomic E-state index is 0.0961. The van der Waals surface area contributed by atoms with E-state index >= 15 is 0 Å². The number of carbonyl (C=O) groups excluding carboxylic acids is 1. The molecule has 100 valence electrons. The Labute approximate surface area is 114 Å². The molecule has 1 rings (SSSR count). The molecule has 4 N–H and O–H groups in total. The van der Waals surface area contributed by atoms with Gasteiger partial charge in [0.25, 0.3) is 0 Å². The van der Waals surface area contributed by atoms with Gasteiger partial charge in [0.1, 0.15) is 6.10 Å². The zero-order valence-electron chi connectivity index (χ0n) is 9.56. The Morgan fingerprint density at radius 1 is 1.39 bits per heavy atom. The van der Waals surface area contributed by atoms with Crippen LogP contribution in [0.3, 0.4) is 0 Å². The highest BCUT2D eigenvalue weighted by atomic mass is 35.5. The number of carbonyl (C=O) groups is 1. The van der Waals surface area contributed by atoms with E-state index < -0.39 is 18.2 Å². The van der Waals surface area contributed by atoms with E-state index in [0.717, 1.165) is 0 Å². The quantitative estimate of drug-likeness (QED) is 0.578. The van der Waals surface area contributed by atoms with Crippen molar-refractivity contribution >= 4 is 34.9 Å². The molecule has 0 saturated heterocycles. The van der Waals surface area contributed by atoms with E-state index in [1.165, 1.54) is 12.1 Å². The summed E-state index contributed by atoms with van der Waals surface area (Å²) in [6, 6.07) is 2.63. The van der Waals surface area contributed by atoms with Crippen LogP contribution in [0.1, 0.15) is 18.6 Å². The lowest BCUT2D eigenvalue weighted by molar-refractivity contribution is -0.159. The van der Waals surface area contributed by atoms with Crippen molar-refractivity contribution in [2.75, 3.05) is 12.3 Å². The Kier molecular flexibility index (Phi) is 5.22. The number of esters is 1. The Balaban J connectivity index is 3.00. The van der Waals surface area contributed by atoms with Gasteiger partial charge in [0.15, 0.2) is 6.10 Å². The lowest BCUT2D eigenvalue weighted by Crippen LogP contribution is -2.30. The molecule has 0 aliphatic carbocycles. The summed E-state index contributed by atoms with van der Waals surface area (Å²) < 4.78 is 4.59. The number of ether oxygens (including phenoxy) is 1. The minimum Gasteiger partial charge on any atom is -0.464 e. The van der Waals surface area contributed by atoms with E-state index in [-0.39, 0.29) is 27.9 Å². The predicted octanol–water partition coefficient (Wildman–Crippen LogP) is 1.53. The van der Waals surface area contributed by atoms with E-state index in [4.69, 9.17) is 28.9 Å². The van der Waals surface area contributed by atoms with Crippen molar-refractivity contribution in [2.24, 2.45) is 0 Å². The van der Waals surface area contributed by atoms with Crippen molar-refractivity contribution < 1.29 is 19.7 Å². The van der Waals surface area contributed by atoms with Crippen molar-refractivity contribution in [1.29, 1.82) is 0 Å². The standard InChI is InChI=1S/C11H13Cl2NO4/c1-2-18-11(17)10(16)9(15)5-3-7(13)8(14)4-6(5)12/h3-4,9-10,15-16H,2,14H2,1H3. The van der Waals surface area contributed by atoms with Crippen LogP contribution >= 0.6 is 23.2 Å². The molecular weight excluding hydrogens is 281 g/mol. The number of aliphatic hydroxyl groups excluding tert-OH is 2. The average Bonchev–Trinajstić information content (AvgIpc) is 2.32. The number of nitrogen functional groups attached to an aromatic ring is 1. The molecule has 0 aromatic heterocycles. The molecule has 1 aromatic rings. The molecule has 0 radical (unpaired) electrons. The number of benzene rings is 1. The first kappa shape index (κ1) is 15.0. The largest absolute Gasteiger partial charge is 0.464 e. The van der Waals surface area contributed by atoms with Gasteiger partial charge in [-0.2, -0.15) is 0 Å². The number of rotatable bonds is 4. The van der Waals surface area contributed by atoms with Crippen molar-refractivity contribution in [3.05, 3.63) is 27.7 Å². The van der Waals surface area contributed by atoms with Gasteiger partial charge in [-0.15, -0.1) is 0 Å². The normalized spacial score (nSPS) is 14.1. The van der Waals surface area contributed by atoms with Gasteiger partial charge in [-0.1, -0.05) is 23.2 Å². The zero-order chi connectivity index (χ0) is 13.9. The highest BCUT2D eigenvalue weighted by Gasteiger charge is 2.28. The number of aliphatic hydroxyl groups is 2.